The fourth-order valence-electron chi connectivity index (χ4n) is 3.96. The number of benzene rings is 2. The second-order valence-electron chi connectivity index (χ2n) is 6.72. The average Bonchev–Trinajstić information content (AvgIpc) is 3.08. The minimum atomic E-state index is -0.455. The summed E-state index contributed by atoms with van der Waals surface area (Å²) in [4.78, 5) is 14.7. The summed E-state index contributed by atoms with van der Waals surface area (Å²) in [5.41, 5.74) is 3.58. The molecule has 4 rings (SSSR count). The van der Waals surface area contributed by atoms with Crippen LogP contribution in [0.25, 0.3) is 0 Å². The Morgan fingerprint density at radius 2 is 1.61 bits per heavy atom. The zero-order chi connectivity index (χ0) is 19.8. The molecule has 0 bridgehead atoms. The van der Waals surface area contributed by atoms with E-state index >= 15 is 0 Å². The van der Waals surface area contributed by atoms with Gasteiger partial charge in [-0.15, -0.1) is 0 Å². The summed E-state index contributed by atoms with van der Waals surface area (Å²) in [7, 11) is 6.33. The van der Waals surface area contributed by atoms with E-state index in [1.54, 1.807) is 27.4 Å². The molecule has 2 aromatic carbocycles. The maximum absolute atomic E-state index is 12.6. The van der Waals surface area contributed by atoms with Crippen LogP contribution in [0.2, 0.25) is 0 Å². The van der Waals surface area contributed by atoms with E-state index in [1.165, 1.54) is 12.7 Å². The molecule has 0 fully saturated rings. The fourth-order valence-corrected chi connectivity index (χ4v) is 3.96. The molecule has 0 aromatic heterocycles. The summed E-state index contributed by atoms with van der Waals surface area (Å²) >= 11 is 0. The number of hydrogen-bond acceptors (Lipinski definition) is 7. The van der Waals surface area contributed by atoms with Gasteiger partial charge in [0.1, 0.15) is 5.56 Å². The van der Waals surface area contributed by atoms with Crippen LogP contribution >= 0.6 is 0 Å². The third-order valence-corrected chi connectivity index (χ3v) is 5.35. The molecule has 2 aliphatic rings. The molecule has 2 aromatic rings. The highest BCUT2D eigenvalue weighted by Gasteiger charge is 2.40. The maximum Gasteiger partial charge on any atom is 0.344 e. The van der Waals surface area contributed by atoms with E-state index in [4.69, 9.17) is 23.7 Å². The lowest BCUT2D eigenvalue weighted by Crippen LogP contribution is -2.34. The van der Waals surface area contributed by atoms with Gasteiger partial charge in [0, 0.05) is 18.7 Å². The quantitative estimate of drug-likeness (QED) is 0.733. The van der Waals surface area contributed by atoms with E-state index in [9.17, 15) is 4.79 Å². The minimum absolute atomic E-state index is 0.395. The smallest absolute Gasteiger partial charge is 0.344 e. The first-order chi connectivity index (χ1) is 13.6. The average molecular weight is 385 g/mol. The van der Waals surface area contributed by atoms with E-state index in [0.717, 1.165) is 29.8 Å². The zero-order valence-corrected chi connectivity index (χ0v) is 16.4. The van der Waals surface area contributed by atoms with E-state index < -0.39 is 12.2 Å². The lowest BCUT2D eigenvalue weighted by Gasteiger charge is -2.33. The molecule has 1 atom stereocenters. The standard InChI is InChI=1S/C21H23NO6/c1-24-15-6-5-14-18(19(15)27-4)21(23)28-20(14)22-8-7-12-9-16(25-2)17(26-3)10-13(12)11-22/h5-6,9-10,20H,7-8,11H2,1-4H3/t20-/m1/s1. The normalized spacial score (nSPS) is 18.1. The second kappa shape index (κ2) is 7.24. The predicted octanol–water partition coefficient (Wildman–Crippen LogP) is 2.95. The number of nitrogens with zero attached hydrogens (tertiary/aromatic N) is 1. The van der Waals surface area contributed by atoms with Crippen molar-refractivity contribution in [1.82, 2.24) is 4.90 Å². The maximum atomic E-state index is 12.6. The first-order valence-electron chi connectivity index (χ1n) is 9.05. The van der Waals surface area contributed by atoms with Crippen molar-refractivity contribution in [3.8, 4) is 23.0 Å². The molecule has 0 spiro atoms. The lowest BCUT2D eigenvalue weighted by atomic mass is 9.97. The molecule has 0 N–H and O–H groups in total. The first kappa shape index (κ1) is 18.4. The summed E-state index contributed by atoms with van der Waals surface area (Å²) in [6.45, 7) is 1.40. The van der Waals surface area contributed by atoms with Crippen LogP contribution in [0.4, 0.5) is 0 Å². The van der Waals surface area contributed by atoms with Gasteiger partial charge in [-0.25, -0.2) is 4.79 Å². The molecular weight excluding hydrogens is 362 g/mol. The Labute approximate surface area is 163 Å². The Hall–Kier alpha value is -2.93. The van der Waals surface area contributed by atoms with Gasteiger partial charge in [-0.1, -0.05) is 0 Å². The van der Waals surface area contributed by atoms with Crippen molar-refractivity contribution in [1.29, 1.82) is 0 Å². The number of fused-ring (bicyclic) bond motifs is 2. The van der Waals surface area contributed by atoms with Crippen LogP contribution in [0, 0.1) is 0 Å². The van der Waals surface area contributed by atoms with Gasteiger partial charge in [-0.3, -0.25) is 4.90 Å². The third kappa shape index (κ3) is 2.82. The topological polar surface area (TPSA) is 66.5 Å². The Bertz CT molecular complexity index is 926. The van der Waals surface area contributed by atoms with Crippen molar-refractivity contribution in [2.45, 2.75) is 19.2 Å². The van der Waals surface area contributed by atoms with Crippen molar-refractivity contribution in [2.24, 2.45) is 0 Å². The van der Waals surface area contributed by atoms with Crippen LogP contribution in [-0.4, -0.2) is 45.9 Å². The minimum Gasteiger partial charge on any atom is -0.493 e. The Morgan fingerprint density at radius 1 is 0.929 bits per heavy atom. The number of esters is 1. The Kier molecular flexibility index (Phi) is 4.77. The molecule has 0 amide bonds. The number of hydrogen-bond donors (Lipinski definition) is 0. The summed E-state index contributed by atoms with van der Waals surface area (Å²) in [6.07, 6.45) is 0.371. The molecule has 7 heteroatoms. The van der Waals surface area contributed by atoms with Gasteiger partial charge >= 0.3 is 5.97 Å². The van der Waals surface area contributed by atoms with E-state index in [1.807, 2.05) is 18.2 Å². The number of rotatable bonds is 5. The number of carbonyl (C=O) groups is 1. The van der Waals surface area contributed by atoms with Crippen molar-refractivity contribution in [3.63, 3.8) is 0 Å². The molecule has 2 heterocycles. The SMILES string of the molecule is COc1cc2c(cc1OC)CN([C@@H]1OC(=O)c3c1ccc(OC)c3OC)CC2. The van der Waals surface area contributed by atoms with Crippen LogP contribution in [0.3, 0.4) is 0 Å². The van der Waals surface area contributed by atoms with Crippen molar-refractivity contribution in [3.05, 3.63) is 46.5 Å². The number of ether oxygens (including phenoxy) is 5. The van der Waals surface area contributed by atoms with E-state index in [0.29, 0.717) is 29.4 Å². The predicted molar refractivity (Wildman–Crippen MR) is 101 cm³/mol. The highest BCUT2D eigenvalue weighted by atomic mass is 16.6. The van der Waals surface area contributed by atoms with Gasteiger partial charge in [0.25, 0.3) is 0 Å². The summed E-state index contributed by atoms with van der Waals surface area (Å²) in [5, 5.41) is 0. The highest BCUT2D eigenvalue weighted by molar-refractivity contribution is 5.98. The highest BCUT2D eigenvalue weighted by Crippen LogP contribution is 2.44. The van der Waals surface area contributed by atoms with E-state index in [2.05, 4.69) is 4.90 Å². The molecule has 2 aliphatic heterocycles. The molecule has 7 nitrogen and oxygen atoms in total. The third-order valence-electron chi connectivity index (χ3n) is 5.35. The summed E-state index contributed by atoms with van der Waals surface area (Å²) < 4.78 is 27.3. The number of carbonyl (C=O) groups excluding carboxylic acids is 1. The number of methoxy groups -OCH3 is 4. The van der Waals surface area contributed by atoms with Gasteiger partial charge in [0.2, 0.25) is 0 Å². The first-order valence-corrected chi connectivity index (χ1v) is 9.05. The van der Waals surface area contributed by atoms with Crippen molar-refractivity contribution in [2.75, 3.05) is 35.0 Å². The molecule has 28 heavy (non-hydrogen) atoms. The summed E-state index contributed by atoms with van der Waals surface area (Å²) in [6, 6.07) is 7.69. The number of cyclic esters (lactones) is 1. The monoisotopic (exact) mass is 385 g/mol. The van der Waals surface area contributed by atoms with Crippen LogP contribution in [-0.2, 0) is 17.7 Å². The second-order valence-corrected chi connectivity index (χ2v) is 6.72. The molecule has 0 saturated heterocycles. The van der Waals surface area contributed by atoms with Crippen molar-refractivity contribution < 1.29 is 28.5 Å². The molecule has 148 valence electrons. The molecule has 0 unspecified atom stereocenters. The molecular formula is C21H23NO6. The van der Waals surface area contributed by atoms with Gasteiger partial charge < -0.3 is 23.7 Å². The van der Waals surface area contributed by atoms with Gasteiger partial charge in [0.05, 0.1) is 28.4 Å². The molecule has 0 aliphatic carbocycles. The zero-order valence-electron chi connectivity index (χ0n) is 16.4. The van der Waals surface area contributed by atoms with Gasteiger partial charge in [-0.05, 0) is 41.8 Å². The Morgan fingerprint density at radius 3 is 2.25 bits per heavy atom. The largest absolute Gasteiger partial charge is 0.493 e. The van der Waals surface area contributed by atoms with Gasteiger partial charge in [-0.2, -0.15) is 0 Å². The van der Waals surface area contributed by atoms with Crippen LogP contribution in [0.5, 0.6) is 23.0 Å². The van der Waals surface area contributed by atoms with Crippen LogP contribution in [0.15, 0.2) is 24.3 Å². The summed E-state index contributed by atoms with van der Waals surface area (Å²) in [5.74, 6) is 1.95. The lowest BCUT2D eigenvalue weighted by molar-refractivity contribution is -0.0291. The molecule has 0 radical (unpaired) electrons. The van der Waals surface area contributed by atoms with E-state index in [-0.39, 0.29) is 0 Å². The van der Waals surface area contributed by atoms with Gasteiger partial charge in [0.15, 0.2) is 29.2 Å². The van der Waals surface area contributed by atoms with Crippen LogP contribution in [0.1, 0.15) is 33.3 Å². The van der Waals surface area contributed by atoms with Crippen molar-refractivity contribution >= 4 is 5.97 Å². The Balaban J connectivity index is 1.67. The van der Waals surface area contributed by atoms with Crippen LogP contribution < -0.4 is 18.9 Å². The fraction of sp³-hybridized carbons (Fsp3) is 0.381. The molecule has 0 saturated carbocycles.